The van der Waals surface area contributed by atoms with Gasteiger partial charge in [0.2, 0.25) is 0 Å². The van der Waals surface area contributed by atoms with Gasteiger partial charge >= 0.3 is 6.01 Å². The van der Waals surface area contributed by atoms with Crippen molar-refractivity contribution in [3.8, 4) is 6.01 Å². The lowest BCUT2D eigenvalue weighted by Gasteiger charge is -2.22. The number of ether oxygens (including phenoxy) is 1. The van der Waals surface area contributed by atoms with Gasteiger partial charge < -0.3 is 10.1 Å². The van der Waals surface area contributed by atoms with Gasteiger partial charge in [0.15, 0.2) is 0 Å². The summed E-state index contributed by atoms with van der Waals surface area (Å²) in [5, 5.41) is 3.40. The first-order valence-electron chi connectivity index (χ1n) is 5.55. The Balaban J connectivity index is 1.66. The van der Waals surface area contributed by atoms with Crippen LogP contribution in [0.3, 0.4) is 0 Å². The fourth-order valence-corrected chi connectivity index (χ4v) is 1.85. The topological polar surface area (TPSA) is 47.0 Å². The van der Waals surface area contributed by atoms with Gasteiger partial charge in [0, 0.05) is 12.4 Å². The molecule has 82 valence electrons. The van der Waals surface area contributed by atoms with Gasteiger partial charge in [-0.1, -0.05) is 0 Å². The largest absolute Gasteiger partial charge is 0.463 e. The van der Waals surface area contributed by atoms with Crippen LogP contribution in [-0.4, -0.2) is 29.7 Å². The first-order valence-corrected chi connectivity index (χ1v) is 5.55. The highest BCUT2D eigenvalue weighted by Gasteiger charge is 2.12. The van der Waals surface area contributed by atoms with Crippen LogP contribution >= 0.6 is 0 Å². The molecule has 1 saturated heterocycles. The number of hydrogen-bond acceptors (Lipinski definition) is 4. The molecule has 0 spiro atoms. The third kappa shape index (κ3) is 3.47. The Hall–Kier alpha value is -1.16. The van der Waals surface area contributed by atoms with Crippen LogP contribution in [0.15, 0.2) is 18.5 Å². The van der Waals surface area contributed by atoms with Crippen molar-refractivity contribution >= 4 is 0 Å². The summed E-state index contributed by atoms with van der Waals surface area (Å²) in [4.78, 5) is 8.02. The predicted molar refractivity (Wildman–Crippen MR) is 57.7 cm³/mol. The second kappa shape index (κ2) is 5.66. The molecule has 2 rings (SSSR count). The number of aromatic nitrogens is 2. The Morgan fingerprint density at radius 2 is 2.27 bits per heavy atom. The number of hydrogen-bond donors (Lipinski definition) is 1. The number of nitrogens with zero attached hydrogens (tertiary/aromatic N) is 2. The molecular formula is C11H17N3O. The van der Waals surface area contributed by atoms with Crippen LogP contribution in [0.2, 0.25) is 0 Å². The molecule has 4 nitrogen and oxygen atoms in total. The Morgan fingerprint density at radius 1 is 1.40 bits per heavy atom. The minimum Gasteiger partial charge on any atom is -0.463 e. The molecule has 1 aromatic rings. The highest BCUT2D eigenvalue weighted by molar-refractivity contribution is 4.93. The molecule has 0 bridgehead atoms. The van der Waals surface area contributed by atoms with Crippen LogP contribution < -0.4 is 10.1 Å². The molecule has 1 aromatic heterocycles. The van der Waals surface area contributed by atoms with Crippen molar-refractivity contribution < 1.29 is 4.74 Å². The average molecular weight is 207 g/mol. The summed E-state index contributed by atoms with van der Waals surface area (Å²) in [7, 11) is 0. The molecule has 0 aliphatic carbocycles. The predicted octanol–water partition coefficient (Wildman–Crippen LogP) is 1.25. The molecule has 1 atom stereocenters. The standard InChI is InChI=1S/C11H17N3O/c1-3-10(9-12-5-1)4-8-15-11-13-6-2-7-14-11/h2,6-7,10,12H,1,3-5,8-9H2/t10-/m0/s1. The van der Waals surface area contributed by atoms with E-state index in [1.807, 2.05) is 0 Å². The minimum atomic E-state index is 0.487. The lowest BCUT2D eigenvalue weighted by atomic mass is 9.97. The molecule has 0 unspecified atom stereocenters. The lowest BCUT2D eigenvalue weighted by Crippen LogP contribution is -2.30. The quantitative estimate of drug-likeness (QED) is 0.807. The molecule has 1 fully saturated rings. The van der Waals surface area contributed by atoms with E-state index in [9.17, 15) is 0 Å². The zero-order valence-corrected chi connectivity index (χ0v) is 8.85. The van der Waals surface area contributed by atoms with Gasteiger partial charge in [-0.25, -0.2) is 9.97 Å². The Labute approximate surface area is 90.1 Å². The monoisotopic (exact) mass is 207 g/mol. The average Bonchev–Trinajstić information content (AvgIpc) is 2.32. The summed E-state index contributed by atoms with van der Waals surface area (Å²) in [6.45, 7) is 3.01. The van der Waals surface area contributed by atoms with E-state index < -0.39 is 0 Å². The molecule has 0 aromatic carbocycles. The fraction of sp³-hybridized carbons (Fsp3) is 0.636. The van der Waals surface area contributed by atoms with Crippen LogP contribution in [0.4, 0.5) is 0 Å². The van der Waals surface area contributed by atoms with E-state index in [4.69, 9.17) is 4.74 Å². The highest BCUT2D eigenvalue weighted by atomic mass is 16.5. The normalized spacial score (nSPS) is 21.2. The van der Waals surface area contributed by atoms with Crippen LogP contribution in [0, 0.1) is 5.92 Å². The van der Waals surface area contributed by atoms with Gasteiger partial charge in [-0.2, -0.15) is 0 Å². The summed E-state index contributed by atoms with van der Waals surface area (Å²) in [5.74, 6) is 0.752. The summed E-state index contributed by atoms with van der Waals surface area (Å²) in [5.41, 5.74) is 0. The van der Waals surface area contributed by atoms with Crippen molar-refractivity contribution in [3.63, 3.8) is 0 Å². The van der Waals surface area contributed by atoms with E-state index >= 15 is 0 Å². The zero-order chi connectivity index (χ0) is 10.3. The van der Waals surface area contributed by atoms with Crippen molar-refractivity contribution in [3.05, 3.63) is 18.5 Å². The molecular weight excluding hydrogens is 190 g/mol. The van der Waals surface area contributed by atoms with E-state index in [0.29, 0.717) is 6.01 Å². The smallest absolute Gasteiger partial charge is 0.316 e. The Bertz CT molecular complexity index is 272. The third-order valence-electron chi connectivity index (χ3n) is 2.70. The van der Waals surface area contributed by atoms with Crippen molar-refractivity contribution in [2.45, 2.75) is 19.3 Å². The second-order valence-electron chi connectivity index (χ2n) is 3.88. The van der Waals surface area contributed by atoms with Crippen LogP contribution in [-0.2, 0) is 0 Å². The minimum absolute atomic E-state index is 0.487. The third-order valence-corrected chi connectivity index (χ3v) is 2.70. The molecule has 2 heterocycles. The van der Waals surface area contributed by atoms with Crippen LogP contribution in [0.5, 0.6) is 6.01 Å². The SMILES string of the molecule is c1cnc(OCC[C@@H]2CCCNC2)nc1. The molecule has 1 N–H and O–H groups in total. The molecule has 0 radical (unpaired) electrons. The zero-order valence-electron chi connectivity index (χ0n) is 8.85. The van der Waals surface area contributed by atoms with Crippen molar-refractivity contribution in [1.29, 1.82) is 0 Å². The molecule has 15 heavy (non-hydrogen) atoms. The lowest BCUT2D eigenvalue weighted by molar-refractivity contribution is 0.240. The molecule has 1 aliphatic rings. The first kappa shape index (κ1) is 10.4. The van der Waals surface area contributed by atoms with E-state index in [1.165, 1.54) is 19.4 Å². The Kier molecular flexibility index (Phi) is 3.91. The molecule has 1 aliphatic heterocycles. The molecule has 0 saturated carbocycles. The summed E-state index contributed by atoms with van der Waals surface area (Å²) in [6, 6.07) is 2.28. The van der Waals surface area contributed by atoms with Crippen molar-refractivity contribution in [2.75, 3.05) is 19.7 Å². The van der Waals surface area contributed by atoms with Crippen molar-refractivity contribution in [2.24, 2.45) is 5.92 Å². The van der Waals surface area contributed by atoms with Crippen molar-refractivity contribution in [1.82, 2.24) is 15.3 Å². The highest BCUT2D eigenvalue weighted by Crippen LogP contribution is 2.14. The first-order chi connectivity index (χ1) is 7.45. The fourth-order valence-electron chi connectivity index (χ4n) is 1.85. The van der Waals surface area contributed by atoms with E-state index in [1.54, 1.807) is 18.5 Å². The van der Waals surface area contributed by atoms with Crippen LogP contribution in [0.1, 0.15) is 19.3 Å². The number of nitrogens with one attached hydrogen (secondary N) is 1. The van der Waals surface area contributed by atoms with Crippen LogP contribution in [0.25, 0.3) is 0 Å². The van der Waals surface area contributed by atoms with Gasteiger partial charge in [-0.3, -0.25) is 0 Å². The van der Waals surface area contributed by atoms with Gasteiger partial charge in [0.1, 0.15) is 0 Å². The molecule has 4 heteroatoms. The summed E-state index contributed by atoms with van der Waals surface area (Å²) in [6.07, 6.45) is 7.08. The van der Waals surface area contributed by atoms with Gasteiger partial charge in [0.25, 0.3) is 0 Å². The van der Waals surface area contributed by atoms with Gasteiger partial charge in [-0.05, 0) is 44.3 Å². The maximum Gasteiger partial charge on any atom is 0.316 e. The summed E-state index contributed by atoms with van der Waals surface area (Å²) < 4.78 is 5.46. The maximum atomic E-state index is 5.46. The maximum absolute atomic E-state index is 5.46. The van der Waals surface area contributed by atoms with E-state index in [2.05, 4.69) is 15.3 Å². The number of rotatable bonds is 4. The Morgan fingerprint density at radius 3 is 3.00 bits per heavy atom. The molecule has 0 amide bonds. The van der Waals surface area contributed by atoms with Gasteiger partial charge in [0.05, 0.1) is 6.61 Å². The number of piperidine rings is 1. The van der Waals surface area contributed by atoms with E-state index in [-0.39, 0.29) is 0 Å². The second-order valence-corrected chi connectivity index (χ2v) is 3.88. The van der Waals surface area contributed by atoms with Gasteiger partial charge in [-0.15, -0.1) is 0 Å². The summed E-state index contributed by atoms with van der Waals surface area (Å²) >= 11 is 0. The van der Waals surface area contributed by atoms with E-state index in [0.717, 1.165) is 25.5 Å².